The van der Waals surface area contributed by atoms with Crippen molar-refractivity contribution in [2.45, 2.75) is 33.9 Å². The zero-order valence-electron chi connectivity index (χ0n) is 16.9. The number of halogens is 3. The Morgan fingerprint density at radius 2 is 1.36 bits per heavy atom. The first-order chi connectivity index (χ1) is 13.3. The number of likely N-dealkylation sites (N-methyl/N-ethyl adjacent to an activating group) is 2. The Morgan fingerprint density at radius 1 is 0.821 bits per heavy atom. The molecule has 10 heteroatoms. The van der Waals surface area contributed by atoms with Gasteiger partial charge in [0.15, 0.2) is 11.5 Å². The Labute approximate surface area is 163 Å². The molecule has 156 valence electrons. The van der Waals surface area contributed by atoms with Gasteiger partial charge in [0.05, 0.1) is 0 Å². The Balaban J connectivity index is 2.03. The first-order valence-electron chi connectivity index (χ1n) is 9.75. The summed E-state index contributed by atoms with van der Waals surface area (Å²) in [5.41, 5.74) is 1.68. The van der Waals surface area contributed by atoms with E-state index in [1.54, 1.807) is 6.92 Å². The highest BCUT2D eigenvalue weighted by Crippen LogP contribution is 2.30. The topological polar surface area (TPSA) is 52.8 Å². The van der Waals surface area contributed by atoms with E-state index in [4.69, 9.17) is 0 Å². The third-order valence-corrected chi connectivity index (χ3v) is 5.62. The van der Waals surface area contributed by atoms with E-state index in [1.165, 1.54) is 0 Å². The Hall–Kier alpha value is -1.94. The molecule has 7 nitrogen and oxygen atoms in total. The number of alkyl halides is 3. The molecule has 0 atom stereocenters. The molecule has 1 aliphatic heterocycles. The predicted octanol–water partition coefficient (Wildman–Crippen LogP) is 2.22. The molecule has 0 spiro atoms. The van der Waals surface area contributed by atoms with E-state index >= 15 is 0 Å². The second kappa shape index (κ2) is 8.20. The minimum absolute atomic E-state index is 0.156. The van der Waals surface area contributed by atoms with Gasteiger partial charge < -0.3 is 14.7 Å². The van der Waals surface area contributed by atoms with Gasteiger partial charge in [-0.2, -0.15) is 17.7 Å². The van der Waals surface area contributed by atoms with Crippen LogP contribution in [0.5, 0.6) is 0 Å². The van der Waals surface area contributed by atoms with Crippen LogP contribution in [-0.4, -0.2) is 82.0 Å². The molecular formula is C18H28F3N7. The van der Waals surface area contributed by atoms with Gasteiger partial charge in [0, 0.05) is 50.4 Å². The van der Waals surface area contributed by atoms with Crippen molar-refractivity contribution in [2.75, 3.05) is 57.3 Å². The van der Waals surface area contributed by atoms with Gasteiger partial charge in [-0.25, -0.2) is 0 Å². The summed E-state index contributed by atoms with van der Waals surface area (Å²) in [5.74, 6) is -0.509. The summed E-state index contributed by atoms with van der Waals surface area (Å²) in [6.45, 7) is 14.9. The van der Waals surface area contributed by atoms with Crippen LogP contribution in [0.1, 0.15) is 30.8 Å². The highest BCUT2D eigenvalue weighted by Gasteiger charge is 2.38. The maximum atomic E-state index is 13.3. The Morgan fingerprint density at radius 3 is 1.86 bits per heavy atom. The van der Waals surface area contributed by atoms with Crippen LogP contribution in [0.15, 0.2) is 0 Å². The number of hydrogen-bond donors (Lipinski definition) is 0. The Kier molecular flexibility index (Phi) is 6.09. The first-order valence-corrected chi connectivity index (χ1v) is 9.75. The second-order valence-corrected chi connectivity index (χ2v) is 7.19. The van der Waals surface area contributed by atoms with E-state index in [9.17, 15) is 13.2 Å². The summed E-state index contributed by atoms with van der Waals surface area (Å²) in [5, 5.41) is 11.4. The van der Waals surface area contributed by atoms with E-state index < -0.39 is 12.0 Å². The smallest absolute Gasteiger partial charge is 0.352 e. The predicted molar refractivity (Wildman–Crippen MR) is 102 cm³/mol. The summed E-state index contributed by atoms with van der Waals surface area (Å²) in [6.07, 6.45) is -4.60. The fourth-order valence-electron chi connectivity index (χ4n) is 3.58. The van der Waals surface area contributed by atoms with Crippen LogP contribution >= 0.6 is 0 Å². The van der Waals surface area contributed by atoms with Crippen molar-refractivity contribution in [3.8, 4) is 0 Å². The summed E-state index contributed by atoms with van der Waals surface area (Å²) in [6, 6.07) is 0. The van der Waals surface area contributed by atoms with Gasteiger partial charge in [-0.3, -0.25) is 0 Å². The van der Waals surface area contributed by atoms with Crippen molar-refractivity contribution in [1.82, 2.24) is 29.6 Å². The SMILES string of the molecule is CCN1CCN(CC)CCN(c2nn3c(C(F)(F)F)nnc3c(C)c2C)CC1. The van der Waals surface area contributed by atoms with Crippen molar-refractivity contribution >= 4 is 11.5 Å². The second-order valence-electron chi connectivity index (χ2n) is 7.19. The van der Waals surface area contributed by atoms with Gasteiger partial charge in [0.1, 0.15) is 0 Å². The molecule has 2 aromatic heterocycles. The first kappa shape index (κ1) is 20.8. The molecule has 0 N–H and O–H groups in total. The van der Waals surface area contributed by atoms with Gasteiger partial charge in [-0.1, -0.05) is 13.8 Å². The van der Waals surface area contributed by atoms with Crippen molar-refractivity contribution < 1.29 is 13.2 Å². The average molecular weight is 399 g/mol. The lowest BCUT2D eigenvalue weighted by molar-refractivity contribution is -0.146. The molecule has 1 fully saturated rings. The third-order valence-electron chi connectivity index (χ3n) is 5.62. The summed E-state index contributed by atoms with van der Waals surface area (Å²) < 4.78 is 40.8. The molecule has 0 radical (unpaired) electrons. The molecule has 0 unspecified atom stereocenters. The van der Waals surface area contributed by atoms with Crippen LogP contribution in [0.25, 0.3) is 5.65 Å². The van der Waals surface area contributed by atoms with Crippen molar-refractivity contribution in [3.63, 3.8) is 0 Å². The van der Waals surface area contributed by atoms with E-state index in [2.05, 4.69) is 43.8 Å². The molecule has 0 saturated carbocycles. The zero-order chi connectivity index (χ0) is 20.5. The zero-order valence-corrected chi connectivity index (χ0v) is 16.9. The molecule has 28 heavy (non-hydrogen) atoms. The number of aryl methyl sites for hydroxylation is 1. The minimum Gasteiger partial charge on any atom is -0.352 e. The largest absolute Gasteiger partial charge is 0.453 e. The fourth-order valence-corrected chi connectivity index (χ4v) is 3.58. The highest BCUT2D eigenvalue weighted by molar-refractivity contribution is 5.59. The van der Waals surface area contributed by atoms with Crippen molar-refractivity contribution in [2.24, 2.45) is 0 Å². The summed E-state index contributed by atoms with van der Waals surface area (Å²) in [4.78, 5) is 6.82. The molecular weight excluding hydrogens is 371 g/mol. The normalized spacial score (nSPS) is 18.3. The van der Waals surface area contributed by atoms with E-state index in [0.29, 0.717) is 24.5 Å². The number of rotatable bonds is 3. The maximum absolute atomic E-state index is 13.3. The molecule has 0 bridgehead atoms. The molecule has 0 amide bonds. The average Bonchev–Trinajstić information content (AvgIpc) is 3.12. The quantitative estimate of drug-likeness (QED) is 0.789. The van der Waals surface area contributed by atoms with Gasteiger partial charge in [-0.15, -0.1) is 15.3 Å². The highest BCUT2D eigenvalue weighted by atomic mass is 19.4. The van der Waals surface area contributed by atoms with Crippen molar-refractivity contribution in [3.05, 3.63) is 17.0 Å². The molecule has 3 rings (SSSR count). The van der Waals surface area contributed by atoms with Gasteiger partial charge >= 0.3 is 6.18 Å². The van der Waals surface area contributed by atoms with E-state index in [0.717, 1.165) is 49.3 Å². The standard InChI is InChI=1S/C18H28F3N7/c1-5-25-7-8-26(6-2)10-12-27(11-9-25)16-14(4)13(3)15-22-23-17(18(19,20)21)28(15)24-16/h5-12H2,1-4H3. The maximum Gasteiger partial charge on any atom is 0.453 e. The lowest BCUT2D eigenvalue weighted by atomic mass is 10.1. The molecule has 1 saturated heterocycles. The number of aromatic nitrogens is 4. The van der Waals surface area contributed by atoms with Gasteiger partial charge in [-0.05, 0) is 26.9 Å². The minimum atomic E-state index is -4.60. The molecule has 1 aliphatic rings. The van der Waals surface area contributed by atoms with Crippen molar-refractivity contribution in [1.29, 1.82) is 0 Å². The van der Waals surface area contributed by atoms with Crippen LogP contribution in [0.3, 0.4) is 0 Å². The lowest BCUT2D eigenvalue weighted by Crippen LogP contribution is -2.37. The van der Waals surface area contributed by atoms with E-state index in [1.807, 2.05) is 6.92 Å². The van der Waals surface area contributed by atoms with Gasteiger partial charge in [0.25, 0.3) is 5.82 Å². The molecule has 0 aliphatic carbocycles. The van der Waals surface area contributed by atoms with Crippen LogP contribution in [-0.2, 0) is 6.18 Å². The third kappa shape index (κ3) is 4.07. The summed E-state index contributed by atoms with van der Waals surface area (Å²) in [7, 11) is 0. The molecule has 3 heterocycles. The van der Waals surface area contributed by atoms with Crippen LogP contribution in [0.4, 0.5) is 19.0 Å². The monoisotopic (exact) mass is 399 g/mol. The Bertz CT molecular complexity index is 802. The number of hydrogen-bond acceptors (Lipinski definition) is 6. The number of anilines is 1. The van der Waals surface area contributed by atoms with Crippen LogP contribution < -0.4 is 4.90 Å². The van der Waals surface area contributed by atoms with Gasteiger partial charge in [0.2, 0.25) is 0 Å². The molecule has 2 aromatic rings. The molecule has 0 aromatic carbocycles. The number of nitrogens with zero attached hydrogens (tertiary/aromatic N) is 7. The summed E-state index contributed by atoms with van der Waals surface area (Å²) >= 11 is 0. The van der Waals surface area contributed by atoms with E-state index in [-0.39, 0.29) is 5.65 Å². The number of fused-ring (bicyclic) bond motifs is 1. The fraction of sp³-hybridized carbons (Fsp3) is 0.722. The van der Waals surface area contributed by atoms with Crippen LogP contribution in [0, 0.1) is 13.8 Å². The van der Waals surface area contributed by atoms with Crippen LogP contribution in [0.2, 0.25) is 0 Å². The lowest BCUT2D eigenvalue weighted by Gasteiger charge is -2.28.